The fourth-order valence-corrected chi connectivity index (χ4v) is 2.33. The summed E-state index contributed by atoms with van der Waals surface area (Å²) in [6.45, 7) is 3.85. The smallest absolute Gasteiger partial charge is 0.355 e. The van der Waals surface area contributed by atoms with E-state index in [0.717, 1.165) is 5.56 Å². The van der Waals surface area contributed by atoms with Crippen LogP contribution in [0.25, 0.3) is 0 Å². The molecule has 0 spiro atoms. The first-order valence-electron chi connectivity index (χ1n) is 8.71. The fraction of sp³-hybridized carbons (Fsp3) is 0.421. The lowest BCUT2D eigenvalue weighted by atomic mass is 10.2. The molecule has 152 valence electrons. The first kappa shape index (κ1) is 22.8. The van der Waals surface area contributed by atoms with E-state index in [1.807, 2.05) is 30.3 Å². The van der Waals surface area contributed by atoms with E-state index in [1.54, 1.807) is 6.92 Å². The van der Waals surface area contributed by atoms with Crippen molar-refractivity contribution in [2.24, 2.45) is 0 Å². The van der Waals surface area contributed by atoms with Crippen LogP contribution in [-0.2, 0) is 40.2 Å². The first-order valence-corrected chi connectivity index (χ1v) is 8.71. The molecule has 9 heteroatoms. The van der Waals surface area contributed by atoms with E-state index >= 15 is 0 Å². The number of benzene rings is 1. The van der Waals surface area contributed by atoms with Crippen molar-refractivity contribution < 1.29 is 33.5 Å². The lowest BCUT2D eigenvalue weighted by Crippen LogP contribution is -2.45. The minimum atomic E-state index is -0.802. The van der Waals surface area contributed by atoms with Crippen LogP contribution in [0.4, 0.5) is 0 Å². The highest BCUT2D eigenvalue weighted by atomic mass is 16.7. The predicted molar refractivity (Wildman–Crippen MR) is 97.0 cm³/mol. The maximum atomic E-state index is 11.8. The van der Waals surface area contributed by atoms with Crippen LogP contribution in [0, 0.1) is 0 Å². The molecule has 0 aliphatic carbocycles. The number of amides is 3. The van der Waals surface area contributed by atoms with Gasteiger partial charge < -0.3 is 14.5 Å². The number of hydroxylamine groups is 2. The zero-order chi connectivity index (χ0) is 21.1. The number of nitrogens with zero attached hydrogens (tertiary/aromatic N) is 2. The topological polar surface area (TPSA) is 110 Å². The molecule has 0 saturated carbocycles. The van der Waals surface area contributed by atoms with Crippen molar-refractivity contribution in [3.8, 4) is 0 Å². The number of ether oxygens (including phenoxy) is 1. The van der Waals surface area contributed by atoms with Gasteiger partial charge in [0.25, 0.3) is 18.3 Å². The minimum absolute atomic E-state index is 0.0471. The number of carbonyl (C=O) groups is 5. The number of rotatable bonds is 7. The molecule has 1 heterocycles. The molecule has 1 unspecified atom stereocenters. The van der Waals surface area contributed by atoms with E-state index in [0.29, 0.717) is 24.6 Å². The highest BCUT2D eigenvalue weighted by Gasteiger charge is 2.35. The van der Waals surface area contributed by atoms with E-state index in [1.165, 1.54) is 18.9 Å². The first-order chi connectivity index (χ1) is 13.3. The molecule has 1 aliphatic heterocycles. The summed E-state index contributed by atoms with van der Waals surface area (Å²) >= 11 is 0. The van der Waals surface area contributed by atoms with E-state index in [4.69, 9.17) is 4.84 Å². The van der Waals surface area contributed by atoms with E-state index < -0.39 is 23.8 Å². The SMILES string of the molecule is CCC(C(=O)ON1C(=O)CCC1=O)N(C)C(C)=O.O=COCc1ccccc1. The standard InChI is InChI=1S/C11H16N2O5.C8H8O2/c1-4-8(12(3)7(2)14)11(17)18-13-9(15)5-6-10(13)16;9-7-10-6-8-4-2-1-3-5-8/h8H,4-6H2,1-3H3;1-5,7H,6H2. The van der Waals surface area contributed by atoms with Crippen LogP contribution >= 0.6 is 0 Å². The number of imide groups is 1. The second kappa shape index (κ2) is 11.5. The zero-order valence-electron chi connectivity index (χ0n) is 16.1. The van der Waals surface area contributed by atoms with E-state index in [2.05, 4.69) is 4.74 Å². The van der Waals surface area contributed by atoms with Crippen LogP contribution in [0.2, 0.25) is 0 Å². The summed E-state index contributed by atoms with van der Waals surface area (Å²) in [6, 6.07) is 8.74. The van der Waals surface area contributed by atoms with Gasteiger partial charge in [0.15, 0.2) is 0 Å². The van der Waals surface area contributed by atoms with Crippen LogP contribution in [0.15, 0.2) is 30.3 Å². The van der Waals surface area contributed by atoms with Crippen LogP contribution in [0.3, 0.4) is 0 Å². The molecule has 0 N–H and O–H groups in total. The third kappa shape index (κ3) is 6.82. The summed E-state index contributed by atoms with van der Waals surface area (Å²) in [5.74, 6) is -2.14. The van der Waals surface area contributed by atoms with E-state index in [-0.39, 0.29) is 18.7 Å². The maximum Gasteiger partial charge on any atom is 0.355 e. The molecule has 9 nitrogen and oxygen atoms in total. The predicted octanol–water partition coefficient (Wildman–Crippen LogP) is 1.21. The Morgan fingerprint density at radius 1 is 1.18 bits per heavy atom. The molecular weight excluding hydrogens is 368 g/mol. The molecule has 1 aromatic rings. The third-order valence-corrected chi connectivity index (χ3v) is 3.97. The van der Waals surface area contributed by atoms with Crippen molar-refractivity contribution in [1.29, 1.82) is 0 Å². The average molecular weight is 392 g/mol. The van der Waals surface area contributed by atoms with Crippen molar-refractivity contribution >= 4 is 30.2 Å². The summed E-state index contributed by atoms with van der Waals surface area (Å²) in [5, 5.41) is 0.485. The normalized spacial score (nSPS) is 13.9. The average Bonchev–Trinajstić information content (AvgIpc) is 3.00. The van der Waals surface area contributed by atoms with Crippen molar-refractivity contribution in [3.63, 3.8) is 0 Å². The summed E-state index contributed by atoms with van der Waals surface area (Å²) < 4.78 is 4.54. The molecule has 2 rings (SSSR count). The summed E-state index contributed by atoms with van der Waals surface area (Å²) in [4.78, 5) is 61.3. The Morgan fingerprint density at radius 3 is 2.21 bits per heavy atom. The second-order valence-corrected chi connectivity index (χ2v) is 5.94. The van der Waals surface area contributed by atoms with Crippen LogP contribution < -0.4 is 0 Å². The molecule has 1 aliphatic rings. The van der Waals surface area contributed by atoms with Crippen molar-refractivity contribution in [3.05, 3.63) is 35.9 Å². The molecule has 1 fully saturated rings. The summed E-state index contributed by atoms with van der Waals surface area (Å²) in [7, 11) is 1.46. The van der Waals surface area contributed by atoms with Crippen molar-refractivity contribution in [2.75, 3.05) is 7.05 Å². The van der Waals surface area contributed by atoms with Gasteiger partial charge in [0, 0.05) is 26.8 Å². The van der Waals surface area contributed by atoms with Crippen LogP contribution in [0.5, 0.6) is 0 Å². The molecular formula is C19H24N2O7. The van der Waals surface area contributed by atoms with Gasteiger partial charge in [-0.2, -0.15) is 0 Å². The summed E-state index contributed by atoms with van der Waals surface area (Å²) in [6.07, 6.45) is 0.433. The highest BCUT2D eigenvalue weighted by molar-refractivity contribution is 6.01. The number of hydrogen-bond acceptors (Lipinski definition) is 7. The lowest BCUT2D eigenvalue weighted by molar-refractivity contribution is -0.201. The van der Waals surface area contributed by atoms with E-state index in [9.17, 15) is 24.0 Å². The van der Waals surface area contributed by atoms with Crippen LogP contribution in [0.1, 0.15) is 38.7 Å². The molecule has 1 saturated heterocycles. The number of hydrogen-bond donors (Lipinski definition) is 0. The van der Waals surface area contributed by atoms with Gasteiger partial charge in [-0.25, -0.2) is 4.79 Å². The van der Waals surface area contributed by atoms with Gasteiger partial charge in [0.1, 0.15) is 12.6 Å². The Kier molecular flexibility index (Phi) is 9.35. The van der Waals surface area contributed by atoms with Gasteiger partial charge in [0.2, 0.25) is 5.91 Å². The summed E-state index contributed by atoms with van der Waals surface area (Å²) in [5.41, 5.74) is 1.01. The Morgan fingerprint density at radius 2 is 1.75 bits per heavy atom. The van der Waals surface area contributed by atoms with Gasteiger partial charge in [-0.1, -0.05) is 37.3 Å². The van der Waals surface area contributed by atoms with Gasteiger partial charge in [0.05, 0.1) is 0 Å². The largest absolute Gasteiger partial charge is 0.463 e. The van der Waals surface area contributed by atoms with Crippen molar-refractivity contribution in [1.82, 2.24) is 9.96 Å². The molecule has 28 heavy (non-hydrogen) atoms. The van der Waals surface area contributed by atoms with Crippen molar-refractivity contribution in [2.45, 2.75) is 45.8 Å². The Balaban J connectivity index is 0.000000330. The highest BCUT2D eigenvalue weighted by Crippen LogP contribution is 2.14. The lowest BCUT2D eigenvalue weighted by Gasteiger charge is -2.25. The zero-order valence-corrected chi connectivity index (χ0v) is 16.1. The molecule has 1 aromatic carbocycles. The quantitative estimate of drug-likeness (QED) is 0.507. The minimum Gasteiger partial charge on any atom is -0.463 e. The van der Waals surface area contributed by atoms with Gasteiger partial charge >= 0.3 is 5.97 Å². The molecule has 0 bridgehead atoms. The third-order valence-electron chi connectivity index (χ3n) is 3.97. The van der Waals surface area contributed by atoms with Crippen LogP contribution in [-0.4, -0.2) is 53.2 Å². The Bertz CT molecular complexity index is 689. The number of likely N-dealkylation sites (N-methyl/N-ethyl adjacent to an activating group) is 1. The molecule has 1 atom stereocenters. The van der Waals surface area contributed by atoms with Gasteiger partial charge in [-0.3, -0.25) is 19.2 Å². The molecule has 0 aromatic heterocycles. The number of carbonyl (C=O) groups excluding carboxylic acids is 5. The molecule has 0 radical (unpaired) electrons. The van der Waals surface area contributed by atoms with Gasteiger partial charge in [-0.15, -0.1) is 5.06 Å². The molecule has 3 amide bonds. The van der Waals surface area contributed by atoms with Gasteiger partial charge in [-0.05, 0) is 12.0 Å². The Hall–Kier alpha value is -3.23. The maximum absolute atomic E-state index is 11.8. The monoisotopic (exact) mass is 392 g/mol. The second-order valence-electron chi connectivity index (χ2n) is 5.94. The fourth-order valence-electron chi connectivity index (χ4n) is 2.33. The Labute approximate surface area is 163 Å².